The van der Waals surface area contributed by atoms with Crippen LogP contribution in [-0.4, -0.2) is 27.5 Å². The Bertz CT molecular complexity index is 1210. The van der Waals surface area contributed by atoms with E-state index in [1.165, 1.54) is 31.4 Å². The van der Waals surface area contributed by atoms with Gasteiger partial charge < -0.3 is 14.8 Å². The van der Waals surface area contributed by atoms with Gasteiger partial charge in [-0.25, -0.2) is 8.42 Å². The lowest BCUT2D eigenvalue weighted by Crippen LogP contribution is -2.30. The molecule has 0 aliphatic rings. The summed E-state index contributed by atoms with van der Waals surface area (Å²) in [6.45, 7) is 5.41. The van der Waals surface area contributed by atoms with Crippen LogP contribution in [0.15, 0.2) is 71.6 Å². The zero-order valence-electron chi connectivity index (χ0n) is 18.4. The number of amides is 1. The van der Waals surface area contributed by atoms with Crippen molar-refractivity contribution in [3.8, 4) is 11.5 Å². The number of benzene rings is 3. The molecule has 0 spiro atoms. The summed E-state index contributed by atoms with van der Waals surface area (Å²) in [4.78, 5) is 12.5. The third kappa shape index (κ3) is 5.59. The van der Waals surface area contributed by atoms with Gasteiger partial charge in [-0.2, -0.15) is 0 Å². The molecule has 3 aromatic carbocycles. The van der Waals surface area contributed by atoms with Gasteiger partial charge in [0.1, 0.15) is 11.5 Å². The smallest absolute Gasteiger partial charge is 0.265 e. The molecule has 3 rings (SSSR count). The Hall–Kier alpha value is -3.52. The normalized spacial score (nSPS) is 12.0. The van der Waals surface area contributed by atoms with Crippen LogP contribution in [0.2, 0.25) is 0 Å². The molecule has 3 aromatic rings. The predicted octanol–water partition coefficient (Wildman–Crippen LogP) is 4.52. The van der Waals surface area contributed by atoms with E-state index in [1.807, 2.05) is 38.1 Å². The van der Waals surface area contributed by atoms with Crippen molar-refractivity contribution in [1.82, 2.24) is 0 Å². The van der Waals surface area contributed by atoms with Crippen molar-refractivity contribution in [2.45, 2.75) is 31.8 Å². The molecule has 32 heavy (non-hydrogen) atoms. The minimum Gasteiger partial charge on any atom is -0.495 e. The lowest BCUT2D eigenvalue weighted by molar-refractivity contribution is -0.122. The number of rotatable bonds is 8. The van der Waals surface area contributed by atoms with Gasteiger partial charge in [-0.15, -0.1) is 0 Å². The Morgan fingerprint density at radius 1 is 0.938 bits per heavy atom. The molecule has 0 heterocycles. The van der Waals surface area contributed by atoms with E-state index >= 15 is 0 Å². The predicted molar refractivity (Wildman–Crippen MR) is 125 cm³/mol. The van der Waals surface area contributed by atoms with Gasteiger partial charge in [-0.3, -0.25) is 9.52 Å². The molecule has 0 radical (unpaired) electrons. The van der Waals surface area contributed by atoms with E-state index in [4.69, 9.17) is 9.47 Å². The Kier molecular flexibility index (Phi) is 7.05. The van der Waals surface area contributed by atoms with Gasteiger partial charge in [-0.1, -0.05) is 24.3 Å². The Labute approximate surface area is 188 Å². The third-order valence-corrected chi connectivity index (χ3v) is 6.18. The van der Waals surface area contributed by atoms with Crippen LogP contribution in [-0.2, 0) is 14.8 Å². The first-order chi connectivity index (χ1) is 15.2. The standard InChI is InChI=1S/C24H26N2O5S/c1-16-9-14-23(30-4)21(15-16)26-32(28,29)20-12-10-19(11-13-20)25-24(27)18(3)31-22-8-6-5-7-17(22)2/h5-15,18,26H,1-4H3,(H,25,27)/t18-/m0/s1. The summed E-state index contributed by atoms with van der Waals surface area (Å²) in [5, 5.41) is 2.74. The molecule has 0 saturated carbocycles. The highest BCUT2D eigenvalue weighted by atomic mass is 32.2. The van der Waals surface area contributed by atoms with Crippen LogP contribution in [0.25, 0.3) is 0 Å². The average Bonchev–Trinajstić information content (AvgIpc) is 2.75. The van der Waals surface area contributed by atoms with Crippen molar-refractivity contribution < 1.29 is 22.7 Å². The fraction of sp³-hybridized carbons (Fsp3) is 0.208. The number of sulfonamides is 1. The highest BCUT2D eigenvalue weighted by molar-refractivity contribution is 7.92. The summed E-state index contributed by atoms with van der Waals surface area (Å²) in [6, 6.07) is 18.6. The zero-order chi connectivity index (χ0) is 23.3. The topological polar surface area (TPSA) is 93.7 Å². The molecule has 0 aliphatic heterocycles. The largest absolute Gasteiger partial charge is 0.495 e. The summed E-state index contributed by atoms with van der Waals surface area (Å²) >= 11 is 0. The monoisotopic (exact) mass is 454 g/mol. The summed E-state index contributed by atoms with van der Waals surface area (Å²) < 4.78 is 39.1. The highest BCUT2D eigenvalue weighted by Crippen LogP contribution is 2.28. The van der Waals surface area contributed by atoms with Gasteiger partial charge >= 0.3 is 0 Å². The minimum atomic E-state index is -3.84. The van der Waals surface area contributed by atoms with E-state index in [0.717, 1.165) is 11.1 Å². The van der Waals surface area contributed by atoms with E-state index in [2.05, 4.69) is 10.0 Å². The van der Waals surface area contributed by atoms with Crippen LogP contribution in [0.3, 0.4) is 0 Å². The van der Waals surface area contributed by atoms with Crippen molar-refractivity contribution in [2.24, 2.45) is 0 Å². The van der Waals surface area contributed by atoms with Crippen LogP contribution in [0.4, 0.5) is 11.4 Å². The second-order valence-corrected chi connectivity index (χ2v) is 9.03. The van der Waals surface area contributed by atoms with Crippen LogP contribution >= 0.6 is 0 Å². The second kappa shape index (κ2) is 9.74. The van der Waals surface area contributed by atoms with Gasteiger partial charge in [0.05, 0.1) is 17.7 Å². The Morgan fingerprint density at radius 3 is 2.28 bits per heavy atom. The van der Waals surface area contributed by atoms with Gasteiger partial charge in [0.15, 0.2) is 6.10 Å². The van der Waals surface area contributed by atoms with Crippen molar-refractivity contribution in [3.05, 3.63) is 77.9 Å². The van der Waals surface area contributed by atoms with Gasteiger partial charge in [0.2, 0.25) is 0 Å². The SMILES string of the molecule is COc1ccc(C)cc1NS(=O)(=O)c1ccc(NC(=O)[C@H](C)Oc2ccccc2C)cc1. The maximum Gasteiger partial charge on any atom is 0.265 e. The first-order valence-corrected chi connectivity index (χ1v) is 11.5. The Morgan fingerprint density at radius 2 is 1.62 bits per heavy atom. The number of hydrogen-bond acceptors (Lipinski definition) is 5. The molecule has 2 N–H and O–H groups in total. The van der Waals surface area contributed by atoms with E-state index < -0.39 is 16.1 Å². The summed E-state index contributed by atoms with van der Waals surface area (Å²) in [5.41, 5.74) is 2.64. The van der Waals surface area contributed by atoms with Crippen LogP contribution in [0, 0.1) is 13.8 Å². The Balaban J connectivity index is 1.68. The maximum absolute atomic E-state index is 12.8. The lowest BCUT2D eigenvalue weighted by atomic mass is 10.2. The third-order valence-electron chi connectivity index (χ3n) is 4.80. The summed E-state index contributed by atoms with van der Waals surface area (Å²) in [7, 11) is -2.36. The van der Waals surface area contributed by atoms with Crippen molar-refractivity contribution in [3.63, 3.8) is 0 Å². The van der Waals surface area contributed by atoms with Gasteiger partial charge in [0.25, 0.3) is 15.9 Å². The second-order valence-electron chi connectivity index (χ2n) is 7.35. The first kappa shape index (κ1) is 23.1. The van der Waals surface area contributed by atoms with Crippen LogP contribution in [0.5, 0.6) is 11.5 Å². The fourth-order valence-corrected chi connectivity index (χ4v) is 4.06. The van der Waals surface area contributed by atoms with E-state index in [-0.39, 0.29) is 10.8 Å². The van der Waals surface area contributed by atoms with Gasteiger partial charge in [-0.05, 0) is 74.4 Å². The van der Waals surface area contributed by atoms with Crippen molar-refractivity contribution in [1.29, 1.82) is 0 Å². The molecule has 1 amide bonds. The quantitative estimate of drug-likeness (QED) is 0.522. The molecule has 0 bridgehead atoms. The molecule has 0 aliphatic carbocycles. The number of carbonyl (C=O) groups excluding carboxylic acids is 1. The summed E-state index contributed by atoms with van der Waals surface area (Å²) in [6.07, 6.45) is -0.727. The molecule has 1 atom stereocenters. The lowest BCUT2D eigenvalue weighted by Gasteiger charge is -2.16. The number of ether oxygens (including phenoxy) is 2. The van der Waals surface area contributed by atoms with E-state index in [0.29, 0.717) is 22.9 Å². The number of aryl methyl sites for hydroxylation is 2. The number of para-hydroxylation sites is 1. The summed E-state index contributed by atoms with van der Waals surface area (Å²) in [5.74, 6) is 0.714. The number of anilines is 2. The van der Waals surface area contributed by atoms with E-state index in [9.17, 15) is 13.2 Å². The molecule has 0 aromatic heterocycles. The van der Waals surface area contributed by atoms with E-state index in [1.54, 1.807) is 25.1 Å². The molecule has 0 saturated heterocycles. The highest BCUT2D eigenvalue weighted by Gasteiger charge is 2.19. The molecule has 0 unspecified atom stereocenters. The first-order valence-electron chi connectivity index (χ1n) is 10.0. The van der Waals surface area contributed by atoms with Crippen molar-refractivity contribution in [2.75, 3.05) is 17.1 Å². The van der Waals surface area contributed by atoms with Crippen LogP contribution < -0.4 is 19.5 Å². The number of methoxy groups -OCH3 is 1. The fourth-order valence-electron chi connectivity index (χ4n) is 3.00. The van der Waals surface area contributed by atoms with Gasteiger partial charge in [0, 0.05) is 5.69 Å². The molecule has 0 fully saturated rings. The molecule has 7 nitrogen and oxygen atoms in total. The van der Waals surface area contributed by atoms with Crippen molar-refractivity contribution >= 4 is 27.3 Å². The average molecular weight is 455 g/mol. The number of carbonyl (C=O) groups is 1. The maximum atomic E-state index is 12.8. The number of hydrogen-bond donors (Lipinski definition) is 2. The van der Waals surface area contributed by atoms with Crippen LogP contribution in [0.1, 0.15) is 18.1 Å². The molecule has 8 heteroatoms. The molecular formula is C24H26N2O5S. The minimum absolute atomic E-state index is 0.0586. The number of nitrogens with one attached hydrogen (secondary N) is 2. The molecule has 168 valence electrons. The molecular weight excluding hydrogens is 428 g/mol. The zero-order valence-corrected chi connectivity index (χ0v) is 19.2.